The Bertz CT molecular complexity index is 713. The van der Waals surface area contributed by atoms with Crippen molar-refractivity contribution in [2.45, 2.75) is 6.92 Å². The predicted octanol–water partition coefficient (Wildman–Crippen LogP) is 2.27. The molecule has 0 saturated carbocycles. The van der Waals surface area contributed by atoms with Crippen molar-refractivity contribution in [2.24, 2.45) is 0 Å². The van der Waals surface area contributed by atoms with Gasteiger partial charge in [0.05, 0.1) is 11.1 Å². The van der Waals surface area contributed by atoms with Crippen LogP contribution in [0.15, 0.2) is 24.4 Å². The number of nitriles is 1. The lowest BCUT2D eigenvalue weighted by Gasteiger charge is -2.03. The van der Waals surface area contributed by atoms with Gasteiger partial charge in [0.15, 0.2) is 0 Å². The number of aryl methyl sites for hydroxylation is 1. The van der Waals surface area contributed by atoms with Crippen LogP contribution in [0.5, 0.6) is 0 Å². The van der Waals surface area contributed by atoms with Gasteiger partial charge in [-0.2, -0.15) is 5.26 Å². The molecule has 2 heterocycles. The normalized spacial score (nSPS) is 9.80. The number of carboxylic acids is 1. The highest BCUT2D eigenvalue weighted by Crippen LogP contribution is 2.27. The van der Waals surface area contributed by atoms with Crippen molar-refractivity contribution >= 4 is 28.2 Å². The van der Waals surface area contributed by atoms with E-state index in [1.165, 1.54) is 35.7 Å². The molecule has 0 aliphatic heterocycles. The van der Waals surface area contributed by atoms with Gasteiger partial charge >= 0.3 is 5.97 Å². The fraction of sp³-hybridized carbons (Fsp3) is 0.0769. The molecule has 0 bridgehead atoms. The van der Waals surface area contributed by atoms with E-state index in [4.69, 9.17) is 10.4 Å². The number of pyridine rings is 1. The van der Waals surface area contributed by atoms with Gasteiger partial charge < -0.3 is 10.4 Å². The highest BCUT2D eigenvalue weighted by atomic mass is 32.1. The maximum Gasteiger partial charge on any atom is 0.338 e. The highest BCUT2D eigenvalue weighted by Gasteiger charge is 2.17. The molecule has 0 unspecified atom stereocenters. The van der Waals surface area contributed by atoms with E-state index in [0.717, 1.165) is 4.88 Å². The molecule has 1 amide bonds. The van der Waals surface area contributed by atoms with Crippen molar-refractivity contribution in [3.63, 3.8) is 0 Å². The van der Waals surface area contributed by atoms with E-state index in [1.807, 2.05) is 6.07 Å². The molecule has 6 nitrogen and oxygen atoms in total. The van der Waals surface area contributed by atoms with Crippen molar-refractivity contribution in [3.8, 4) is 6.07 Å². The van der Waals surface area contributed by atoms with Gasteiger partial charge in [0, 0.05) is 11.1 Å². The van der Waals surface area contributed by atoms with Crippen molar-refractivity contribution in [1.29, 1.82) is 5.26 Å². The number of aromatic nitrogens is 1. The van der Waals surface area contributed by atoms with E-state index < -0.39 is 11.9 Å². The lowest BCUT2D eigenvalue weighted by Crippen LogP contribution is -2.14. The zero-order valence-electron chi connectivity index (χ0n) is 10.4. The SMILES string of the molecule is Cc1cc(C(=O)O)c(NC(=O)c2ccc(C#N)cn2)s1. The van der Waals surface area contributed by atoms with E-state index >= 15 is 0 Å². The van der Waals surface area contributed by atoms with Crippen LogP contribution in [0.2, 0.25) is 0 Å². The highest BCUT2D eigenvalue weighted by molar-refractivity contribution is 7.16. The van der Waals surface area contributed by atoms with Gasteiger partial charge in [-0.3, -0.25) is 4.79 Å². The van der Waals surface area contributed by atoms with E-state index in [9.17, 15) is 9.59 Å². The Morgan fingerprint density at radius 1 is 1.45 bits per heavy atom. The molecule has 2 N–H and O–H groups in total. The predicted molar refractivity (Wildman–Crippen MR) is 72.9 cm³/mol. The van der Waals surface area contributed by atoms with Gasteiger partial charge in [0.1, 0.15) is 16.8 Å². The van der Waals surface area contributed by atoms with Crippen LogP contribution in [-0.4, -0.2) is 22.0 Å². The number of amides is 1. The first kappa shape index (κ1) is 13.7. The van der Waals surface area contributed by atoms with Gasteiger partial charge in [-0.25, -0.2) is 9.78 Å². The number of hydrogen-bond acceptors (Lipinski definition) is 5. The summed E-state index contributed by atoms with van der Waals surface area (Å²) in [5, 5.41) is 20.5. The minimum absolute atomic E-state index is 0.0505. The molecule has 2 aromatic rings. The van der Waals surface area contributed by atoms with Crippen LogP contribution in [0.1, 0.15) is 31.3 Å². The van der Waals surface area contributed by atoms with Crippen LogP contribution in [0, 0.1) is 18.3 Å². The van der Waals surface area contributed by atoms with E-state index in [-0.39, 0.29) is 16.3 Å². The molecule has 0 spiro atoms. The van der Waals surface area contributed by atoms with Crippen LogP contribution in [-0.2, 0) is 0 Å². The first-order chi connectivity index (χ1) is 9.51. The third-order valence-corrected chi connectivity index (χ3v) is 3.40. The zero-order chi connectivity index (χ0) is 14.7. The number of nitrogens with zero attached hydrogens (tertiary/aromatic N) is 2. The Hall–Kier alpha value is -2.72. The molecule has 7 heteroatoms. The topological polar surface area (TPSA) is 103 Å². The first-order valence-corrected chi connectivity index (χ1v) is 6.34. The molecule has 0 atom stereocenters. The summed E-state index contributed by atoms with van der Waals surface area (Å²) in [6.45, 7) is 1.76. The van der Waals surface area contributed by atoms with Crippen LogP contribution in [0.4, 0.5) is 5.00 Å². The van der Waals surface area contributed by atoms with Crippen molar-refractivity contribution in [2.75, 3.05) is 5.32 Å². The largest absolute Gasteiger partial charge is 0.478 e. The zero-order valence-corrected chi connectivity index (χ0v) is 11.2. The molecule has 0 saturated heterocycles. The Morgan fingerprint density at radius 3 is 2.75 bits per heavy atom. The first-order valence-electron chi connectivity index (χ1n) is 5.52. The van der Waals surface area contributed by atoms with Crippen LogP contribution >= 0.6 is 11.3 Å². The second-order valence-electron chi connectivity index (χ2n) is 3.90. The van der Waals surface area contributed by atoms with E-state index in [1.54, 1.807) is 6.92 Å². The minimum Gasteiger partial charge on any atom is -0.478 e. The third-order valence-electron chi connectivity index (χ3n) is 2.44. The number of carbonyl (C=O) groups is 2. The monoisotopic (exact) mass is 287 g/mol. The summed E-state index contributed by atoms with van der Waals surface area (Å²) in [4.78, 5) is 27.6. The number of hydrogen-bond donors (Lipinski definition) is 2. The molecule has 0 aliphatic carbocycles. The third kappa shape index (κ3) is 2.81. The second kappa shape index (κ2) is 5.50. The van der Waals surface area contributed by atoms with Gasteiger partial charge in [-0.1, -0.05) is 0 Å². The Balaban J connectivity index is 2.23. The molecule has 0 aliphatic rings. The number of nitrogens with one attached hydrogen (secondary N) is 1. The number of aromatic carboxylic acids is 1. The average Bonchev–Trinajstić information content (AvgIpc) is 2.80. The summed E-state index contributed by atoms with van der Waals surface area (Å²) in [5.41, 5.74) is 0.514. The Morgan fingerprint density at radius 2 is 2.20 bits per heavy atom. The molecule has 0 radical (unpaired) electrons. The van der Waals surface area contributed by atoms with Crippen LogP contribution < -0.4 is 5.32 Å². The smallest absolute Gasteiger partial charge is 0.338 e. The number of anilines is 1. The number of carboxylic acid groups (broad SMARTS) is 1. The number of carbonyl (C=O) groups excluding carboxylic acids is 1. The van der Waals surface area contributed by atoms with Crippen LogP contribution in [0.25, 0.3) is 0 Å². The molecular formula is C13H9N3O3S. The van der Waals surface area contributed by atoms with Crippen molar-refractivity contribution < 1.29 is 14.7 Å². The Kier molecular flexibility index (Phi) is 3.77. The molecule has 2 rings (SSSR count). The summed E-state index contributed by atoms with van der Waals surface area (Å²) in [5.74, 6) is -1.61. The summed E-state index contributed by atoms with van der Waals surface area (Å²) >= 11 is 1.18. The van der Waals surface area contributed by atoms with Crippen LogP contribution in [0.3, 0.4) is 0 Å². The summed E-state index contributed by atoms with van der Waals surface area (Å²) in [7, 11) is 0. The molecule has 0 fully saturated rings. The standard InChI is InChI=1S/C13H9N3O3S/c1-7-4-9(13(18)19)12(20-7)16-11(17)10-3-2-8(5-14)6-15-10/h2-4,6H,1H3,(H,16,17)(H,18,19). The number of thiophene rings is 1. The van der Waals surface area contributed by atoms with Crippen molar-refractivity contribution in [3.05, 3.63) is 46.1 Å². The van der Waals surface area contributed by atoms with Crippen molar-refractivity contribution in [1.82, 2.24) is 4.98 Å². The fourth-order valence-corrected chi connectivity index (χ4v) is 2.43. The van der Waals surface area contributed by atoms with E-state index in [2.05, 4.69) is 10.3 Å². The quantitative estimate of drug-likeness (QED) is 0.901. The lowest BCUT2D eigenvalue weighted by molar-refractivity contribution is 0.0698. The summed E-state index contributed by atoms with van der Waals surface area (Å²) < 4.78 is 0. The van der Waals surface area contributed by atoms with Gasteiger partial charge in [0.2, 0.25) is 0 Å². The fourth-order valence-electron chi connectivity index (χ4n) is 1.53. The average molecular weight is 287 g/mol. The van der Waals surface area contributed by atoms with Gasteiger partial charge in [-0.05, 0) is 25.1 Å². The molecule has 100 valence electrons. The van der Waals surface area contributed by atoms with Gasteiger partial charge in [-0.15, -0.1) is 11.3 Å². The Labute approximate surface area is 118 Å². The summed E-state index contributed by atoms with van der Waals surface area (Å²) in [6, 6.07) is 6.28. The molecule has 2 aromatic heterocycles. The second-order valence-corrected chi connectivity index (χ2v) is 5.16. The van der Waals surface area contributed by atoms with E-state index in [0.29, 0.717) is 5.56 Å². The molecular weight excluding hydrogens is 278 g/mol. The maximum atomic E-state index is 12.0. The minimum atomic E-state index is -1.10. The maximum absolute atomic E-state index is 12.0. The molecule has 0 aromatic carbocycles. The number of rotatable bonds is 3. The lowest BCUT2D eigenvalue weighted by atomic mass is 10.2. The molecule has 20 heavy (non-hydrogen) atoms. The summed E-state index contributed by atoms with van der Waals surface area (Å²) in [6.07, 6.45) is 1.28. The van der Waals surface area contributed by atoms with Gasteiger partial charge in [0.25, 0.3) is 5.91 Å².